The minimum atomic E-state index is 0.821. The number of benzene rings is 2. The molecule has 0 aliphatic heterocycles. The van der Waals surface area contributed by atoms with Crippen LogP contribution in [0.5, 0.6) is 0 Å². The fourth-order valence-corrected chi connectivity index (χ4v) is 1.91. The second kappa shape index (κ2) is 7.07. The largest absolute Gasteiger partial charge is 0.300 e. The summed E-state index contributed by atoms with van der Waals surface area (Å²) >= 11 is 0. The molecule has 0 atom stereocenters. The molecule has 0 heterocycles. The van der Waals surface area contributed by atoms with Crippen molar-refractivity contribution in [2.24, 2.45) is 0 Å². The number of hydrogen-bond acceptors (Lipinski definition) is 2. The maximum atomic E-state index is 3.39. The summed E-state index contributed by atoms with van der Waals surface area (Å²) in [6.07, 6.45) is 0. The zero-order valence-electron chi connectivity index (χ0n) is 11.7. The van der Waals surface area contributed by atoms with E-state index in [1.165, 1.54) is 22.3 Å². The Labute approximate surface area is 115 Å². The summed E-state index contributed by atoms with van der Waals surface area (Å²) in [5.74, 6) is 0. The van der Waals surface area contributed by atoms with E-state index in [9.17, 15) is 0 Å². The van der Waals surface area contributed by atoms with E-state index in [0.717, 1.165) is 19.8 Å². The fraction of sp³-hybridized carbons (Fsp3) is 0.294. The molecule has 0 bridgehead atoms. The van der Waals surface area contributed by atoms with Crippen LogP contribution in [0.4, 0.5) is 0 Å². The van der Waals surface area contributed by atoms with Crippen LogP contribution in [0.25, 0.3) is 0 Å². The van der Waals surface area contributed by atoms with Gasteiger partial charge in [-0.3, -0.25) is 0 Å². The topological polar surface area (TPSA) is 24.1 Å². The minimum absolute atomic E-state index is 0.821. The summed E-state index contributed by atoms with van der Waals surface area (Å²) in [5.41, 5.74) is 5.26. The lowest BCUT2D eigenvalue weighted by Crippen LogP contribution is -2.28. The summed E-state index contributed by atoms with van der Waals surface area (Å²) in [4.78, 5) is 0. The summed E-state index contributed by atoms with van der Waals surface area (Å²) < 4.78 is 0. The molecule has 100 valence electrons. The van der Waals surface area contributed by atoms with Gasteiger partial charge in [-0.1, -0.05) is 59.7 Å². The molecule has 0 aliphatic rings. The molecule has 2 nitrogen and oxygen atoms in total. The molecule has 0 saturated heterocycles. The molecule has 2 rings (SSSR count). The van der Waals surface area contributed by atoms with Gasteiger partial charge in [0.2, 0.25) is 0 Å². The molecule has 0 aromatic heterocycles. The molecule has 2 N–H and O–H groups in total. The van der Waals surface area contributed by atoms with Crippen molar-refractivity contribution >= 4 is 0 Å². The van der Waals surface area contributed by atoms with Crippen molar-refractivity contribution in [2.45, 2.75) is 26.9 Å². The van der Waals surface area contributed by atoms with Crippen LogP contribution in [0.15, 0.2) is 48.5 Å². The molecule has 0 amide bonds. The zero-order valence-corrected chi connectivity index (χ0v) is 11.7. The molecule has 2 aromatic carbocycles. The first-order chi connectivity index (χ1) is 9.24. The Kier molecular flexibility index (Phi) is 5.13. The van der Waals surface area contributed by atoms with Crippen molar-refractivity contribution in [1.29, 1.82) is 0 Å². The van der Waals surface area contributed by atoms with Gasteiger partial charge in [0.05, 0.1) is 0 Å². The second-order valence-corrected chi connectivity index (χ2v) is 5.00. The van der Waals surface area contributed by atoms with Gasteiger partial charge in [-0.15, -0.1) is 0 Å². The smallest absolute Gasteiger partial charge is 0.0459 e. The van der Waals surface area contributed by atoms with Crippen LogP contribution in [0.2, 0.25) is 0 Å². The molecule has 0 radical (unpaired) electrons. The average molecular weight is 254 g/mol. The lowest BCUT2D eigenvalue weighted by molar-refractivity contribution is 0.581. The molecule has 19 heavy (non-hydrogen) atoms. The second-order valence-electron chi connectivity index (χ2n) is 5.00. The average Bonchev–Trinajstić information content (AvgIpc) is 2.43. The standard InChI is InChI=1S/C17H22N2/c1-14-3-7-16(8-4-14)11-18-13-19-12-17-9-5-15(2)6-10-17/h3-10,18-19H,11-13H2,1-2H3. The van der Waals surface area contributed by atoms with Crippen LogP contribution < -0.4 is 10.6 Å². The van der Waals surface area contributed by atoms with Crippen molar-refractivity contribution in [3.8, 4) is 0 Å². The van der Waals surface area contributed by atoms with Gasteiger partial charge in [-0.05, 0) is 25.0 Å². The van der Waals surface area contributed by atoms with Gasteiger partial charge < -0.3 is 10.6 Å². The quantitative estimate of drug-likeness (QED) is 0.611. The van der Waals surface area contributed by atoms with Crippen molar-refractivity contribution in [3.05, 3.63) is 70.8 Å². The van der Waals surface area contributed by atoms with Crippen LogP contribution in [0.1, 0.15) is 22.3 Å². The highest BCUT2D eigenvalue weighted by Crippen LogP contribution is 2.03. The van der Waals surface area contributed by atoms with E-state index in [-0.39, 0.29) is 0 Å². The van der Waals surface area contributed by atoms with Crippen molar-refractivity contribution in [2.75, 3.05) is 6.67 Å². The highest BCUT2D eigenvalue weighted by atomic mass is 15.0. The van der Waals surface area contributed by atoms with E-state index in [1.807, 2.05) is 0 Å². The zero-order chi connectivity index (χ0) is 13.5. The Bertz CT molecular complexity index is 438. The summed E-state index contributed by atoms with van der Waals surface area (Å²) in [7, 11) is 0. The lowest BCUT2D eigenvalue weighted by atomic mass is 10.1. The van der Waals surface area contributed by atoms with Gasteiger partial charge in [-0.2, -0.15) is 0 Å². The Hall–Kier alpha value is -1.64. The Morgan fingerprint density at radius 2 is 1.00 bits per heavy atom. The first kappa shape index (κ1) is 13.8. The van der Waals surface area contributed by atoms with Crippen molar-refractivity contribution in [3.63, 3.8) is 0 Å². The third kappa shape index (κ3) is 4.86. The normalized spacial score (nSPS) is 10.6. The van der Waals surface area contributed by atoms with Crippen LogP contribution in [-0.4, -0.2) is 6.67 Å². The molecule has 0 unspecified atom stereocenters. The fourth-order valence-electron chi connectivity index (χ4n) is 1.91. The van der Waals surface area contributed by atoms with Crippen molar-refractivity contribution in [1.82, 2.24) is 10.6 Å². The van der Waals surface area contributed by atoms with E-state index in [4.69, 9.17) is 0 Å². The van der Waals surface area contributed by atoms with Gasteiger partial charge in [-0.25, -0.2) is 0 Å². The molecular weight excluding hydrogens is 232 g/mol. The predicted molar refractivity (Wildman–Crippen MR) is 80.9 cm³/mol. The molecule has 0 fully saturated rings. The molecule has 0 aliphatic carbocycles. The van der Waals surface area contributed by atoms with E-state index in [1.54, 1.807) is 0 Å². The van der Waals surface area contributed by atoms with Gasteiger partial charge in [0, 0.05) is 19.8 Å². The first-order valence-corrected chi connectivity index (χ1v) is 6.76. The molecular formula is C17H22N2. The summed E-state index contributed by atoms with van der Waals surface area (Å²) in [5, 5.41) is 6.78. The highest BCUT2D eigenvalue weighted by Gasteiger charge is 1.93. The third-order valence-corrected chi connectivity index (χ3v) is 3.15. The Morgan fingerprint density at radius 1 is 0.632 bits per heavy atom. The molecule has 0 spiro atoms. The van der Waals surface area contributed by atoms with Gasteiger partial charge in [0.1, 0.15) is 0 Å². The Balaban J connectivity index is 1.64. The SMILES string of the molecule is Cc1ccc(CNCNCc2ccc(C)cc2)cc1. The number of hydrogen-bond donors (Lipinski definition) is 2. The van der Waals surface area contributed by atoms with Gasteiger partial charge in [0.25, 0.3) is 0 Å². The number of aryl methyl sites for hydroxylation is 2. The molecule has 2 aromatic rings. The lowest BCUT2D eigenvalue weighted by Gasteiger charge is -2.07. The minimum Gasteiger partial charge on any atom is -0.300 e. The van der Waals surface area contributed by atoms with Crippen LogP contribution in [0.3, 0.4) is 0 Å². The molecule has 2 heteroatoms. The van der Waals surface area contributed by atoms with Crippen LogP contribution in [-0.2, 0) is 13.1 Å². The van der Waals surface area contributed by atoms with E-state index < -0.39 is 0 Å². The van der Waals surface area contributed by atoms with Crippen LogP contribution >= 0.6 is 0 Å². The summed E-state index contributed by atoms with van der Waals surface area (Å²) in [6, 6.07) is 17.3. The van der Waals surface area contributed by atoms with Gasteiger partial charge in [0.15, 0.2) is 0 Å². The van der Waals surface area contributed by atoms with Crippen LogP contribution in [0, 0.1) is 13.8 Å². The summed E-state index contributed by atoms with van der Waals surface area (Å²) in [6.45, 7) is 6.85. The number of nitrogens with one attached hydrogen (secondary N) is 2. The van der Waals surface area contributed by atoms with Gasteiger partial charge >= 0.3 is 0 Å². The van der Waals surface area contributed by atoms with E-state index in [2.05, 4.69) is 73.0 Å². The Morgan fingerprint density at radius 3 is 1.37 bits per heavy atom. The predicted octanol–water partition coefficient (Wildman–Crippen LogP) is 3.14. The van der Waals surface area contributed by atoms with E-state index >= 15 is 0 Å². The third-order valence-electron chi connectivity index (χ3n) is 3.15. The number of rotatable bonds is 6. The maximum absolute atomic E-state index is 3.39. The molecule has 0 saturated carbocycles. The maximum Gasteiger partial charge on any atom is 0.0459 e. The monoisotopic (exact) mass is 254 g/mol. The van der Waals surface area contributed by atoms with Crippen molar-refractivity contribution < 1.29 is 0 Å². The first-order valence-electron chi connectivity index (χ1n) is 6.76. The highest BCUT2D eigenvalue weighted by molar-refractivity contribution is 5.21. The van der Waals surface area contributed by atoms with E-state index in [0.29, 0.717) is 0 Å².